The van der Waals surface area contributed by atoms with Crippen LogP contribution in [0.15, 0.2) is 41.8 Å². The summed E-state index contributed by atoms with van der Waals surface area (Å²) in [5, 5.41) is 0.813. The fraction of sp³-hybridized carbons (Fsp3) is 0.154. The zero-order chi connectivity index (χ0) is 14.5. The maximum atomic E-state index is 11.8. The van der Waals surface area contributed by atoms with Crippen LogP contribution in [0.3, 0.4) is 0 Å². The molecule has 2 rings (SSSR count). The van der Waals surface area contributed by atoms with Crippen LogP contribution in [0, 0.1) is 0 Å². The molecule has 0 atom stereocenters. The molecule has 1 aromatic carbocycles. The van der Waals surface area contributed by atoms with Gasteiger partial charge in [0.15, 0.2) is 11.8 Å². The fourth-order valence-corrected chi connectivity index (χ4v) is 2.17. The Morgan fingerprint density at radius 2 is 2.25 bits per heavy atom. The molecule has 0 radical (unpaired) electrons. The van der Waals surface area contributed by atoms with Gasteiger partial charge >= 0.3 is 5.97 Å². The molecule has 1 heterocycles. The van der Waals surface area contributed by atoms with Gasteiger partial charge in [0.1, 0.15) is 0 Å². The van der Waals surface area contributed by atoms with Crippen molar-refractivity contribution >= 4 is 23.6 Å². The molecule has 0 aliphatic heterocycles. The second-order valence-corrected chi connectivity index (χ2v) is 4.65. The van der Waals surface area contributed by atoms with Crippen LogP contribution in [0.25, 0.3) is 5.69 Å². The third-order valence-electron chi connectivity index (χ3n) is 2.49. The van der Waals surface area contributed by atoms with Crippen LogP contribution < -0.4 is 5.73 Å². The summed E-state index contributed by atoms with van der Waals surface area (Å²) in [7, 11) is 0. The van der Waals surface area contributed by atoms with Crippen LogP contribution in [0.2, 0.25) is 0 Å². The van der Waals surface area contributed by atoms with Crippen molar-refractivity contribution in [3.63, 3.8) is 0 Å². The predicted molar refractivity (Wildman–Crippen MR) is 74.8 cm³/mol. The molecular formula is C13H13N3O3S. The van der Waals surface area contributed by atoms with E-state index in [4.69, 9.17) is 10.5 Å². The van der Waals surface area contributed by atoms with Gasteiger partial charge in [-0.15, -0.1) is 0 Å². The molecule has 0 fully saturated rings. The zero-order valence-electron chi connectivity index (χ0n) is 10.8. The van der Waals surface area contributed by atoms with E-state index >= 15 is 0 Å². The number of nitrogens with two attached hydrogens (primary N) is 1. The molecule has 0 unspecified atom stereocenters. The number of hydrogen-bond donors (Lipinski definition) is 1. The summed E-state index contributed by atoms with van der Waals surface area (Å²) >= 11 is 1.50. The van der Waals surface area contributed by atoms with Gasteiger partial charge in [0, 0.05) is 18.1 Å². The highest BCUT2D eigenvalue weighted by Gasteiger charge is 2.11. The lowest BCUT2D eigenvalue weighted by molar-refractivity contribution is -0.121. The van der Waals surface area contributed by atoms with Crippen molar-refractivity contribution < 1.29 is 14.3 Å². The number of hydrogen-bond acceptors (Lipinski definition) is 5. The molecule has 1 aromatic heterocycles. The molecule has 0 aliphatic carbocycles. The first-order valence-electron chi connectivity index (χ1n) is 5.75. The van der Waals surface area contributed by atoms with E-state index in [1.807, 2.05) is 16.9 Å². The van der Waals surface area contributed by atoms with Crippen molar-refractivity contribution in [2.24, 2.45) is 5.73 Å². The Kier molecular flexibility index (Phi) is 4.41. The van der Waals surface area contributed by atoms with Crippen LogP contribution in [-0.4, -0.2) is 34.3 Å². The number of ether oxygens (including phenoxy) is 1. The van der Waals surface area contributed by atoms with Gasteiger partial charge in [-0.25, -0.2) is 9.78 Å². The molecule has 7 heteroatoms. The summed E-state index contributed by atoms with van der Waals surface area (Å²) in [6.07, 6.45) is 5.41. The molecule has 0 saturated carbocycles. The Balaban J connectivity index is 2.24. The minimum atomic E-state index is -0.686. The average Bonchev–Trinajstić information content (AvgIpc) is 2.93. The first-order chi connectivity index (χ1) is 9.61. The summed E-state index contributed by atoms with van der Waals surface area (Å²) in [6, 6.07) is 6.87. The Bertz CT molecular complexity index is 639. The molecule has 0 saturated heterocycles. The zero-order valence-corrected chi connectivity index (χ0v) is 11.6. The van der Waals surface area contributed by atoms with E-state index in [2.05, 4.69) is 4.98 Å². The number of carbonyl (C=O) groups is 2. The Morgan fingerprint density at radius 1 is 1.45 bits per heavy atom. The van der Waals surface area contributed by atoms with Gasteiger partial charge in [-0.05, 0) is 24.5 Å². The third-order valence-corrected chi connectivity index (χ3v) is 3.16. The van der Waals surface area contributed by atoms with Gasteiger partial charge in [0.05, 0.1) is 5.56 Å². The van der Waals surface area contributed by atoms with E-state index in [9.17, 15) is 9.59 Å². The Hall–Kier alpha value is -2.28. The SMILES string of the molecule is CSc1nccn1-c1cccc(C(=O)OCC(N)=O)c1. The second kappa shape index (κ2) is 6.25. The van der Waals surface area contributed by atoms with E-state index in [-0.39, 0.29) is 0 Å². The summed E-state index contributed by atoms with van der Waals surface area (Å²) in [5.74, 6) is -1.27. The maximum absolute atomic E-state index is 11.8. The smallest absolute Gasteiger partial charge is 0.338 e. The highest BCUT2D eigenvalue weighted by atomic mass is 32.2. The second-order valence-electron chi connectivity index (χ2n) is 3.88. The number of carbonyl (C=O) groups excluding carboxylic acids is 2. The van der Waals surface area contributed by atoms with Gasteiger partial charge in [0.25, 0.3) is 5.91 Å². The largest absolute Gasteiger partial charge is 0.452 e. The van der Waals surface area contributed by atoms with Gasteiger partial charge in [-0.1, -0.05) is 17.8 Å². The number of thioether (sulfide) groups is 1. The van der Waals surface area contributed by atoms with Crippen molar-refractivity contribution in [2.45, 2.75) is 5.16 Å². The molecule has 104 valence electrons. The van der Waals surface area contributed by atoms with Crippen molar-refractivity contribution in [1.82, 2.24) is 9.55 Å². The highest BCUT2D eigenvalue weighted by molar-refractivity contribution is 7.98. The monoisotopic (exact) mass is 291 g/mol. The molecule has 1 amide bonds. The van der Waals surface area contributed by atoms with Crippen molar-refractivity contribution in [1.29, 1.82) is 0 Å². The molecule has 2 N–H and O–H groups in total. The van der Waals surface area contributed by atoms with Crippen LogP contribution >= 0.6 is 11.8 Å². The summed E-state index contributed by atoms with van der Waals surface area (Å²) in [4.78, 5) is 26.6. The number of benzene rings is 1. The lowest BCUT2D eigenvalue weighted by Gasteiger charge is -2.08. The normalized spacial score (nSPS) is 10.2. The summed E-state index contributed by atoms with van der Waals surface area (Å²) in [5.41, 5.74) is 6.08. The Labute approximate surface area is 119 Å². The van der Waals surface area contributed by atoms with E-state index in [1.54, 1.807) is 30.6 Å². The number of primary amides is 1. The number of aromatic nitrogens is 2. The van der Waals surface area contributed by atoms with Gasteiger partial charge in [-0.2, -0.15) is 0 Å². The third kappa shape index (κ3) is 3.18. The molecule has 20 heavy (non-hydrogen) atoms. The van der Waals surface area contributed by atoms with Gasteiger partial charge in [-0.3, -0.25) is 9.36 Å². The number of nitrogens with zero attached hydrogens (tertiary/aromatic N) is 2. The van der Waals surface area contributed by atoms with E-state index in [0.717, 1.165) is 10.8 Å². The molecule has 0 aliphatic rings. The van der Waals surface area contributed by atoms with Crippen LogP contribution in [0.1, 0.15) is 10.4 Å². The Morgan fingerprint density at radius 3 is 2.95 bits per heavy atom. The quantitative estimate of drug-likeness (QED) is 0.661. The highest BCUT2D eigenvalue weighted by Crippen LogP contribution is 2.19. The number of imidazole rings is 1. The molecule has 0 bridgehead atoms. The fourth-order valence-electron chi connectivity index (χ4n) is 1.64. The molecule has 6 nitrogen and oxygen atoms in total. The van der Waals surface area contributed by atoms with Crippen LogP contribution in [0.4, 0.5) is 0 Å². The first-order valence-corrected chi connectivity index (χ1v) is 6.97. The van der Waals surface area contributed by atoms with Crippen molar-refractivity contribution in [2.75, 3.05) is 12.9 Å². The standard InChI is InChI=1S/C13H13N3O3S/c1-20-13-15-5-6-16(13)10-4-2-3-9(7-10)12(18)19-8-11(14)17/h2-7H,8H2,1H3,(H2,14,17). The van der Waals surface area contributed by atoms with E-state index in [0.29, 0.717) is 5.56 Å². The molecule has 0 spiro atoms. The van der Waals surface area contributed by atoms with E-state index < -0.39 is 18.5 Å². The van der Waals surface area contributed by atoms with Crippen molar-refractivity contribution in [3.05, 3.63) is 42.2 Å². The number of rotatable bonds is 5. The summed E-state index contributed by atoms with van der Waals surface area (Å²) < 4.78 is 6.63. The molecular weight excluding hydrogens is 278 g/mol. The maximum Gasteiger partial charge on any atom is 0.338 e. The van der Waals surface area contributed by atoms with Gasteiger partial charge < -0.3 is 10.5 Å². The minimum absolute atomic E-state index is 0.351. The predicted octanol–water partition coefficient (Wildman–Crippen LogP) is 1.24. The number of esters is 1. The number of amides is 1. The summed E-state index contributed by atoms with van der Waals surface area (Å²) in [6.45, 7) is -0.426. The van der Waals surface area contributed by atoms with E-state index in [1.165, 1.54) is 11.8 Å². The lowest BCUT2D eigenvalue weighted by Crippen LogP contribution is -2.20. The van der Waals surface area contributed by atoms with Gasteiger partial charge in [0.2, 0.25) is 0 Å². The molecule has 2 aromatic rings. The average molecular weight is 291 g/mol. The van der Waals surface area contributed by atoms with Crippen LogP contribution in [0.5, 0.6) is 0 Å². The van der Waals surface area contributed by atoms with Crippen LogP contribution in [-0.2, 0) is 9.53 Å². The van der Waals surface area contributed by atoms with Crippen molar-refractivity contribution in [3.8, 4) is 5.69 Å². The minimum Gasteiger partial charge on any atom is -0.452 e. The first kappa shape index (κ1) is 14.1. The lowest BCUT2D eigenvalue weighted by atomic mass is 10.2. The topological polar surface area (TPSA) is 87.2 Å².